The first-order chi connectivity index (χ1) is 11.9. The van der Waals surface area contributed by atoms with Gasteiger partial charge in [-0.05, 0) is 30.7 Å². The van der Waals surface area contributed by atoms with Crippen LogP contribution in [0.4, 0.5) is 16.2 Å². The number of amides is 3. The van der Waals surface area contributed by atoms with Gasteiger partial charge >= 0.3 is 6.03 Å². The molecule has 5 nitrogen and oxygen atoms in total. The summed E-state index contributed by atoms with van der Waals surface area (Å²) in [5.74, 6) is 0.133. The van der Waals surface area contributed by atoms with Crippen molar-refractivity contribution in [3.05, 3.63) is 60.2 Å². The van der Waals surface area contributed by atoms with Gasteiger partial charge in [-0.25, -0.2) is 4.79 Å². The van der Waals surface area contributed by atoms with Crippen molar-refractivity contribution in [3.63, 3.8) is 0 Å². The number of nitrogens with zero attached hydrogens (tertiary/aromatic N) is 1. The lowest BCUT2D eigenvalue weighted by atomic mass is 9.95. The highest BCUT2D eigenvalue weighted by Crippen LogP contribution is 2.20. The number of carbonyl (C=O) groups excluding carboxylic acids is 2. The summed E-state index contributed by atoms with van der Waals surface area (Å²) in [6, 6.07) is 17.0. The van der Waals surface area contributed by atoms with Crippen LogP contribution < -0.4 is 15.5 Å². The Balaban J connectivity index is 1.98. The molecule has 5 heteroatoms. The number of rotatable bonds is 5. The lowest BCUT2D eigenvalue weighted by molar-refractivity contribution is -0.116. The van der Waals surface area contributed by atoms with Crippen molar-refractivity contribution in [2.75, 3.05) is 17.3 Å². The molecule has 2 rings (SSSR count). The SMILES string of the molecule is CC(=O)N(C)c1cccc(NC(=O)N[C@H](C)[C@H](C)c2ccccc2)c1. The zero-order valence-corrected chi connectivity index (χ0v) is 15.1. The van der Waals surface area contributed by atoms with Gasteiger partial charge in [0.15, 0.2) is 0 Å². The Kier molecular flexibility index (Phi) is 6.17. The zero-order valence-electron chi connectivity index (χ0n) is 15.1. The molecule has 2 N–H and O–H groups in total. The molecule has 132 valence electrons. The lowest BCUT2D eigenvalue weighted by Crippen LogP contribution is -2.39. The fraction of sp³-hybridized carbons (Fsp3) is 0.300. The van der Waals surface area contributed by atoms with Crippen molar-refractivity contribution in [2.45, 2.75) is 32.7 Å². The maximum Gasteiger partial charge on any atom is 0.319 e. The van der Waals surface area contributed by atoms with Crippen molar-refractivity contribution in [1.29, 1.82) is 0 Å². The third kappa shape index (κ3) is 5.08. The molecule has 0 aromatic heterocycles. The summed E-state index contributed by atoms with van der Waals surface area (Å²) in [7, 11) is 1.70. The number of urea groups is 1. The molecule has 0 fully saturated rings. The van der Waals surface area contributed by atoms with Gasteiger partial charge in [0.25, 0.3) is 0 Å². The molecule has 0 heterocycles. The van der Waals surface area contributed by atoms with Gasteiger partial charge in [0.05, 0.1) is 0 Å². The maximum atomic E-state index is 12.3. The molecule has 0 radical (unpaired) electrons. The molecular weight excluding hydrogens is 314 g/mol. The number of hydrogen-bond acceptors (Lipinski definition) is 2. The highest BCUT2D eigenvalue weighted by atomic mass is 16.2. The van der Waals surface area contributed by atoms with Crippen LogP contribution in [-0.2, 0) is 4.79 Å². The molecule has 3 amide bonds. The van der Waals surface area contributed by atoms with Crippen LogP contribution in [0.25, 0.3) is 0 Å². The van der Waals surface area contributed by atoms with E-state index in [0.717, 1.165) is 5.69 Å². The van der Waals surface area contributed by atoms with Crippen molar-refractivity contribution in [1.82, 2.24) is 5.32 Å². The second-order valence-corrected chi connectivity index (χ2v) is 6.21. The van der Waals surface area contributed by atoms with E-state index < -0.39 is 0 Å². The van der Waals surface area contributed by atoms with Gasteiger partial charge in [0.1, 0.15) is 0 Å². The van der Waals surface area contributed by atoms with Crippen LogP contribution in [0.1, 0.15) is 32.3 Å². The van der Waals surface area contributed by atoms with E-state index in [1.54, 1.807) is 25.2 Å². The van der Waals surface area contributed by atoms with E-state index in [0.29, 0.717) is 5.69 Å². The van der Waals surface area contributed by atoms with Gasteiger partial charge in [0, 0.05) is 37.3 Å². The molecule has 0 bridgehead atoms. The first-order valence-corrected chi connectivity index (χ1v) is 8.35. The van der Waals surface area contributed by atoms with Crippen LogP contribution in [0.3, 0.4) is 0 Å². The second kappa shape index (κ2) is 8.33. The highest BCUT2D eigenvalue weighted by molar-refractivity contribution is 5.93. The lowest BCUT2D eigenvalue weighted by Gasteiger charge is -2.22. The minimum atomic E-state index is -0.266. The average Bonchev–Trinajstić information content (AvgIpc) is 2.61. The standard InChI is InChI=1S/C20H25N3O2/c1-14(17-9-6-5-7-10-17)15(2)21-20(25)22-18-11-8-12-19(13-18)23(4)16(3)24/h5-15H,1-4H3,(H2,21,22,25)/t14-,15+/m0/s1. The molecule has 25 heavy (non-hydrogen) atoms. The number of nitrogens with one attached hydrogen (secondary N) is 2. The van der Waals surface area contributed by atoms with E-state index >= 15 is 0 Å². The molecule has 0 spiro atoms. The van der Waals surface area contributed by atoms with Crippen molar-refractivity contribution in [3.8, 4) is 0 Å². The van der Waals surface area contributed by atoms with Crippen LogP contribution in [0.5, 0.6) is 0 Å². The fourth-order valence-corrected chi connectivity index (χ4v) is 2.52. The van der Waals surface area contributed by atoms with Gasteiger partial charge in [-0.15, -0.1) is 0 Å². The van der Waals surface area contributed by atoms with Gasteiger partial charge < -0.3 is 15.5 Å². The molecule has 0 aliphatic heterocycles. The predicted octanol–water partition coefficient (Wildman–Crippen LogP) is 3.98. The van der Waals surface area contributed by atoms with Gasteiger partial charge in [-0.3, -0.25) is 4.79 Å². The van der Waals surface area contributed by atoms with Crippen LogP contribution in [0, 0.1) is 0 Å². The van der Waals surface area contributed by atoms with E-state index in [1.165, 1.54) is 17.4 Å². The molecule has 0 saturated carbocycles. The minimum absolute atomic E-state index is 0.0227. The minimum Gasteiger partial charge on any atom is -0.335 e. The fourth-order valence-electron chi connectivity index (χ4n) is 2.52. The topological polar surface area (TPSA) is 61.4 Å². The number of anilines is 2. The van der Waals surface area contributed by atoms with Crippen LogP contribution in [0.15, 0.2) is 54.6 Å². The van der Waals surface area contributed by atoms with E-state index in [-0.39, 0.29) is 23.9 Å². The Morgan fingerprint density at radius 3 is 2.32 bits per heavy atom. The summed E-state index contributed by atoms with van der Waals surface area (Å²) >= 11 is 0. The van der Waals surface area contributed by atoms with E-state index in [1.807, 2.05) is 31.2 Å². The van der Waals surface area contributed by atoms with Crippen LogP contribution in [-0.4, -0.2) is 25.0 Å². The third-order valence-corrected chi connectivity index (χ3v) is 4.40. The maximum absolute atomic E-state index is 12.3. The molecule has 0 unspecified atom stereocenters. The third-order valence-electron chi connectivity index (χ3n) is 4.40. The molecule has 0 saturated heterocycles. The van der Waals surface area contributed by atoms with Gasteiger partial charge in [0.2, 0.25) is 5.91 Å². The zero-order chi connectivity index (χ0) is 18.4. The Morgan fingerprint density at radius 2 is 1.68 bits per heavy atom. The number of carbonyl (C=O) groups is 2. The Hall–Kier alpha value is -2.82. The Morgan fingerprint density at radius 1 is 1.00 bits per heavy atom. The van der Waals surface area contributed by atoms with E-state index in [2.05, 4.69) is 29.7 Å². The second-order valence-electron chi connectivity index (χ2n) is 6.21. The van der Waals surface area contributed by atoms with Gasteiger partial charge in [-0.1, -0.05) is 43.3 Å². The molecular formula is C20H25N3O2. The van der Waals surface area contributed by atoms with Gasteiger partial charge in [-0.2, -0.15) is 0 Å². The Bertz CT molecular complexity index is 731. The Labute approximate surface area is 149 Å². The van der Waals surface area contributed by atoms with Crippen molar-refractivity contribution < 1.29 is 9.59 Å². The smallest absolute Gasteiger partial charge is 0.319 e. The summed E-state index contributed by atoms with van der Waals surface area (Å²) in [5.41, 5.74) is 2.55. The first-order valence-electron chi connectivity index (χ1n) is 8.35. The normalized spacial score (nSPS) is 12.8. The summed E-state index contributed by atoms with van der Waals surface area (Å²) in [4.78, 5) is 25.3. The molecule has 2 aromatic rings. The summed E-state index contributed by atoms with van der Waals surface area (Å²) < 4.78 is 0. The molecule has 0 aliphatic rings. The van der Waals surface area contributed by atoms with Crippen LogP contribution >= 0.6 is 0 Å². The quantitative estimate of drug-likeness (QED) is 0.865. The van der Waals surface area contributed by atoms with Crippen molar-refractivity contribution in [2.24, 2.45) is 0 Å². The van der Waals surface area contributed by atoms with Crippen LogP contribution in [0.2, 0.25) is 0 Å². The number of hydrogen-bond donors (Lipinski definition) is 2. The largest absolute Gasteiger partial charge is 0.335 e. The predicted molar refractivity (Wildman–Crippen MR) is 102 cm³/mol. The van der Waals surface area contributed by atoms with E-state index in [4.69, 9.17) is 0 Å². The highest BCUT2D eigenvalue weighted by Gasteiger charge is 2.16. The average molecular weight is 339 g/mol. The molecule has 2 atom stereocenters. The molecule has 0 aliphatic carbocycles. The monoisotopic (exact) mass is 339 g/mol. The summed E-state index contributed by atoms with van der Waals surface area (Å²) in [6.45, 7) is 5.57. The molecule has 2 aromatic carbocycles. The first kappa shape index (κ1) is 18.5. The summed E-state index contributed by atoms with van der Waals surface area (Å²) in [6.07, 6.45) is 0. The van der Waals surface area contributed by atoms with Crippen molar-refractivity contribution >= 4 is 23.3 Å². The number of benzene rings is 2. The summed E-state index contributed by atoms with van der Waals surface area (Å²) in [5, 5.41) is 5.79. The van der Waals surface area contributed by atoms with E-state index in [9.17, 15) is 9.59 Å².